The molecule has 2 N–H and O–H groups in total. The van der Waals surface area contributed by atoms with Gasteiger partial charge >= 0.3 is 0 Å². The van der Waals surface area contributed by atoms with Gasteiger partial charge in [-0.15, -0.1) is 0 Å². The summed E-state index contributed by atoms with van der Waals surface area (Å²) in [6, 6.07) is 11.2. The molecule has 0 fully saturated rings. The predicted octanol–water partition coefficient (Wildman–Crippen LogP) is 3.64. The summed E-state index contributed by atoms with van der Waals surface area (Å²) in [7, 11) is 3.49. The van der Waals surface area contributed by atoms with E-state index >= 15 is 0 Å². The van der Waals surface area contributed by atoms with Crippen LogP contribution in [0.5, 0.6) is 0 Å². The molecule has 4 nitrogen and oxygen atoms in total. The third-order valence-corrected chi connectivity index (χ3v) is 3.63. The zero-order valence-electron chi connectivity index (χ0n) is 12.9. The summed E-state index contributed by atoms with van der Waals surface area (Å²) in [6.45, 7) is 0.679. The molecule has 0 heterocycles. The Hall–Kier alpha value is -1.95. The Morgan fingerprint density at radius 1 is 1.26 bits per heavy atom. The minimum Gasteiger partial charge on any atom is -0.375 e. The topological polar surface area (TPSA) is 50.4 Å². The zero-order valence-corrected chi connectivity index (χ0v) is 13.7. The first-order valence-electron chi connectivity index (χ1n) is 7.09. The van der Waals surface area contributed by atoms with Crippen molar-refractivity contribution in [2.75, 3.05) is 26.0 Å². The molecule has 0 aliphatic heterocycles. The fraction of sp³-hybridized carbons (Fsp3) is 0.235. The monoisotopic (exact) mass is 336 g/mol. The molecule has 122 valence electrons. The lowest BCUT2D eigenvalue weighted by molar-refractivity contribution is 0.102. The average Bonchev–Trinajstić information content (AvgIpc) is 2.53. The predicted molar refractivity (Wildman–Crippen MR) is 89.5 cm³/mol. The van der Waals surface area contributed by atoms with Crippen molar-refractivity contribution >= 4 is 23.2 Å². The van der Waals surface area contributed by atoms with Crippen LogP contribution in [0.3, 0.4) is 0 Å². The summed E-state index contributed by atoms with van der Waals surface area (Å²) in [6.07, 6.45) is -0.0709. The largest absolute Gasteiger partial charge is 0.375 e. The zero-order chi connectivity index (χ0) is 16.8. The van der Waals surface area contributed by atoms with Crippen molar-refractivity contribution in [3.63, 3.8) is 0 Å². The van der Waals surface area contributed by atoms with Crippen LogP contribution in [-0.2, 0) is 4.74 Å². The summed E-state index contributed by atoms with van der Waals surface area (Å²) in [5, 5.41) is 5.95. The number of ether oxygens (including phenoxy) is 1. The smallest absolute Gasteiger partial charge is 0.258 e. The van der Waals surface area contributed by atoms with E-state index in [0.717, 1.165) is 11.6 Å². The summed E-state index contributed by atoms with van der Waals surface area (Å²) < 4.78 is 19.1. The summed E-state index contributed by atoms with van der Waals surface area (Å²) >= 11 is 5.68. The number of hydrogen-bond acceptors (Lipinski definition) is 3. The van der Waals surface area contributed by atoms with Gasteiger partial charge in [0.15, 0.2) is 0 Å². The van der Waals surface area contributed by atoms with Gasteiger partial charge in [-0.1, -0.05) is 23.7 Å². The number of carbonyl (C=O) groups is 1. The van der Waals surface area contributed by atoms with Gasteiger partial charge in [0.2, 0.25) is 0 Å². The van der Waals surface area contributed by atoms with E-state index in [9.17, 15) is 9.18 Å². The highest BCUT2D eigenvalue weighted by molar-refractivity contribution is 6.30. The molecule has 23 heavy (non-hydrogen) atoms. The van der Waals surface area contributed by atoms with Crippen LogP contribution >= 0.6 is 11.6 Å². The molecule has 1 amide bonds. The quantitative estimate of drug-likeness (QED) is 0.846. The molecule has 1 unspecified atom stereocenters. The first kappa shape index (κ1) is 17.4. The standard InChI is InChI=1S/C17H18ClFN2O2/c1-20-10-16(23-2)11-3-6-13(7-4-11)21-17(22)14-8-5-12(18)9-15(14)19/h3-9,16,20H,10H2,1-2H3,(H,21,22). The van der Waals surface area contributed by atoms with Crippen LogP contribution in [0.25, 0.3) is 0 Å². The van der Waals surface area contributed by atoms with Crippen LogP contribution in [0.4, 0.5) is 10.1 Å². The number of anilines is 1. The minimum absolute atomic E-state index is 0.0524. The first-order valence-corrected chi connectivity index (χ1v) is 7.46. The van der Waals surface area contributed by atoms with Gasteiger partial charge in [-0.25, -0.2) is 4.39 Å². The highest BCUT2D eigenvalue weighted by atomic mass is 35.5. The number of amides is 1. The lowest BCUT2D eigenvalue weighted by Crippen LogP contribution is -2.18. The lowest BCUT2D eigenvalue weighted by Gasteiger charge is -2.15. The molecule has 0 spiro atoms. The maximum atomic E-state index is 13.7. The molecule has 0 aliphatic carbocycles. The third kappa shape index (κ3) is 4.51. The molecule has 2 aromatic rings. The van der Waals surface area contributed by atoms with Gasteiger partial charge in [0.25, 0.3) is 5.91 Å². The fourth-order valence-corrected chi connectivity index (χ4v) is 2.33. The minimum atomic E-state index is -0.653. The van der Waals surface area contributed by atoms with Crippen LogP contribution in [-0.4, -0.2) is 26.6 Å². The fourth-order valence-electron chi connectivity index (χ4n) is 2.18. The van der Waals surface area contributed by atoms with E-state index in [1.807, 2.05) is 19.2 Å². The van der Waals surface area contributed by atoms with Crippen molar-refractivity contribution < 1.29 is 13.9 Å². The van der Waals surface area contributed by atoms with Crippen LogP contribution in [0.1, 0.15) is 22.0 Å². The van der Waals surface area contributed by atoms with Crippen molar-refractivity contribution in [2.45, 2.75) is 6.10 Å². The Labute approximate surface area is 139 Å². The third-order valence-electron chi connectivity index (χ3n) is 3.39. The Kier molecular flexibility index (Phi) is 6.10. The van der Waals surface area contributed by atoms with Crippen LogP contribution in [0.2, 0.25) is 5.02 Å². The van der Waals surface area contributed by atoms with E-state index in [1.54, 1.807) is 19.2 Å². The second kappa shape index (κ2) is 8.06. The Morgan fingerprint density at radius 3 is 2.52 bits per heavy atom. The van der Waals surface area contributed by atoms with Gasteiger partial charge in [-0.05, 0) is 42.9 Å². The number of likely N-dealkylation sites (N-methyl/N-ethyl adjacent to an activating group) is 1. The maximum absolute atomic E-state index is 13.7. The molecule has 2 aromatic carbocycles. The second-order valence-electron chi connectivity index (χ2n) is 4.98. The Balaban J connectivity index is 2.09. The van der Waals surface area contributed by atoms with Gasteiger partial charge < -0.3 is 15.4 Å². The van der Waals surface area contributed by atoms with Crippen LogP contribution < -0.4 is 10.6 Å². The second-order valence-corrected chi connectivity index (χ2v) is 5.42. The molecular formula is C17H18ClFN2O2. The number of carbonyl (C=O) groups excluding carboxylic acids is 1. The van der Waals surface area contributed by atoms with Gasteiger partial charge in [0.1, 0.15) is 5.82 Å². The number of methoxy groups -OCH3 is 1. The van der Waals surface area contributed by atoms with Crippen molar-refractivity contribution in [3.05, 3.63) is 64.4 Å². The SMILES string of the molecule is CNCC(OC)c1ccc(NC(=O)c2ccc(Cl)cc2F)cc1. The van der Waals surface area contributed by atoms with E-state index in [2.05, 4.69) is 10.6 Å². The molecular weight excluding hydrogens is 319 g/mol. The number of halogens is 2. The molecule has 0 bridgehead atoms. The van der Waals surface area contributed by atoms with Gasteiger partial charge in [-0.3, -0.25) is 4.79 Å². The first-order chi connectivity index (χ1) is 11.0. The highest BCUT2D eigenvalue weighted by Gasteiger charge is 2.13. The average molecular weight is 337 g/mol. The number of rotatable bonds is 6. The summed E-state index contributed by atoms with van der Waals surface area (Å²) in [5.74, 6) is -1.18. The highest BCUT2D eigenvalue weighted by Crippen LogP contribution is 2.20. The van der Waals surface area contributed by atoms with Crippen molar-refractivity contribution in [1.29, 1.82) is 0 Å². The van der Waals surface area contributed by atoms with E-state index in [4.69, 9.17) is 16.3 Å². The lowest BCUT2D eigenvalue weighted by atomic mass is 10.1. The van der Waals surface area contributed by atoms with Crippen molar-refractivity contribution in [2.24, 2.45) is 0 Å². The molecule has 0 saturated carbocycles. The van der Waals surface area contributed by atoms with Crippen molar-refractivity contribution in [1.82, 2.24) is 5.32 Å². The summed E-state index contributed by atoms with van der Waals surface area (Å²) in [5.41, 5.74) is 1.51. The number of nitrogens with one attached hydrogen (secondary N) is 2. The molecule has 1 atom stereocenters. The van der Waals surface area contributed by atoms with Crippen LogP contribution in [0, 0.1) is 5.82 Å². The normalized spacial score (nSPS) is 12.0. The van der Waals surface area contributed by atoms with E-state index in [-0.39, 0.29) is 16.7 Å². The molecule has 2 rings (SSSR count). The summed E-state index contributed by atoms with van der Waals surface area (Å²) in [4.78, 5) is 12.1. The molecule has 0 aromatic heterocycles. The Morgan fingerprint density at radius 2 is 1.96 bits per heavy atom. The molecule has 6 heteroatoms. The van der Waals surface area contributed by atoms with Crippen molar-refractivity contribution in [3.8, 4) is 0 Å². The van der Waals surface area contributed by atoms with Gasteiger partial charge in [0, 0.05) is 24.4 Å². The van der Waals surface area contributed by atoms with E-state index in [0.29, 0.717) is 12.2 Å². The molecule has 0 aliphatic rings. The van der Waals surface area contributed by atoms with Gasteiger partial charge in [0.05, 0.1) is 11.7 Å². The molecule has 0 radical (unpaired) electrons. The van der Waals surface area contributed by atoms with Crippen LogP contribution in [0.15, 0.2) is 42.5 Å². The number of hydrogen-bond donors (Lipinski definition) is 2. The number of benzene rings is 2. The maximum Gasteiger partial charge on any atom is 0.258 e. The Bertz CT molecular complexity index is 677. The van der Waals surface area contributed by atoms with E-state index in [1.165, 1.54) is 12.1 Å². The van der Waals surface area contributed by atoms with E-state index < -0.39 is 11.7 Å². The molecule has 0 saturated heterocycles. The van der Waals surface area contributed by atoms with Gasteiger partial charge in [-0.2, -0.15) is 0 Å².